The number of hydrogen-bond acceptors (Lipinski definition) is 3. The predicted molar refractivity (Wildman–Crippen MR) is 111 cm³/mol. The van der Waals surface area contributed by atoms with E-state index in [2.05, 4.69) is 18.7 Å². The number of aliphatic hydroxyl groups excluding tert-OH is 2. The number of likely N-dealkylation sites (tertiary alicyclic amines) is 1. The number of hydrogen-bond donors (Lipinski definition) is 2. The molecule has 1 aliphatic heterocycles. The summed E-state index contributed by atoms with van der Waals surface area (Å²) < 4.78 is 13.4. The monoisotopic (exact) mass is 385 g/mol. The lowest BCUT2D eigenvalue weighted by atomic mass is 9.74. The van der Waals surface area contributed by atoms with Gasteiger partial charge in [0.1, 0.15) is 18.1 Å². The summed E-state index contributed by atoms with van der Waals surface area (Å²) in [7, 11) is 0. The molecule has 4 heteroatoms. The summed E-state index contributed by atoms with van der Waals surface area (Å²) in [5.74, 6) is -0.274. The van der Waals surface area contributed by atoms with E-state index in [0.29, 0.717) is 0 Å². The summed E-state index contributed by atoms with van der Waals surface area (Å²) in [4.78, 5) is 2.05. The molecule has 4 atom stereocenters. The molecule has 1 heterocycles. The fourth-order valence-electron chi connectivity index (χ4n) is 4.58. The van der Waals surface area contributed by atoms with E-state index in [1.807, 2.05) is 38.1 Å². The van der Waals surface area contributed by atoms with Crippen molar-refractivity contribution >= 4 is 0 Å². The molecule has 1 saturated heterocycles. The Labute approximate surface area is 167 Å². The minimum absolute atomic E-state index is 0.233. The first-order valence-electron chi connectivity index (χ1n) is 10.2. The molecule has 4 unspecified atom stereocenters. The quantitative estimate of drug-likeness (QED) is 0.783. The van der Waals surface area contributed by atoms with Gasteiger partial charge in [-0.15, -0.1) is 0 Å². The normalized spacial score (nSPS) is 23.4. The molecule has 0 aromatic heterocycles. The van der Waals surface area contributed by atoms with Crippen LogP contribution in [-0.4, -0.2) is 39.5 Å². The van der Waals surface area contributed by atoms with Gasteiger partial charge in [0.05, 0.1) is 0 Å². The van der Waals surface area contributed by atoms with E-state index in [1.54, 1.807) is 12.1 Å². The first-order chi connectivity index (χ1) is 13.2. The first kappa shape index (κ1) is 21.0. The molecule has 152 valence electrons. The van der Waals surface area contributed by atoms with Crippen LogP contribution in [0, 0.1) is 5.82 Å². The van der Waals surface area contributed by atoms with Gasteiger partial charge in [-0.25, -0.2) is 4.39 Å². The average molecular weight is 386 g/mol. The van der Waals surface area contributed by atoms with Crippen molar-refractivity contribution in [3.8, 4) is 11.1 Å². The molecule has 1 fully saturated rings. The maximum absolute atomic E-state index is 13.4. The molecule has 2 aromatic rings. The molecule has 0 radical (unpaired) electrons. The molecule has 2 aromatic carbocycles. The average Bonchev–Trinajstić information content (AvgIpc) is 2.67. The topological polar surface area (TPSA) is 43.7 Å². The highest BCUT2D eigenvalue weighted by atomic mass is 19.1. The van der Waals surface area contributed by atoms with Gasteiger partial charge in [-0.2, -0.15) is 0 Å². The van der Waals surface area contributed by atoms with E-state index in [4.69, 9.17) is 0 Å². The van der Waals surface area contributed by atoms with Crippen LogP contribution >= 0.6 is 0 Å². The first-order valence-corrected chi connectivity index (χ1v) is 10.2. The Morgan fingerprint density at radius 2 is 1.54 bits per heavy atom. The van der Waals surface area contributed by atoms with Crippen LogP contribution in [0.5, 0.6) is 0 Å². The van der Waals surface area contributed by atoms with Crippen LogP contribution in [0.3, 0.4) is 0 Å². The Bertz CT molecular complexity index is 779. The molecular formula is C24H32FNO2. The van der Waals surface area contributed by atoms with Gasteiger partial charge in [0, 0.05) is 17.5 Å². The zero-order valence-electron chi connectivity index (χ0n) is 17.3. The second-order valence-corrected chi connectivity index (χ2v) is 8.71. The van der Waals surface area contributed by atoms with Crippen LogP contribution < -0.4 is 0 Å². The number of nitrogens with zero attached hydrogens (tertiary/aromatic N) is 1. The fourth-order valence-corrected chi connectivity index (χ4v) is 4.58. The zero-order valence-corrected chi connectivity index (χ0v) is 17.3. The van der Waals surface area contributed by atoms with Gasteiger partial charge in [0.2, 0.25) is 0 Å². The summed E-state index contributed by atoms with van der Waals surface area (Å²) >= 11 is 0. The van der Waals surface area contributed by atoms with Gasteiger partial charge >= 0.3 is 0 Å². The standard InChI is InChI=1S/C24H32FNO2/c1-16-8-7-9-17(2)26(16)23(28)22(27)24(3,4)21-11-6-5-10-20(21)18-12-14-19(25)15-13-18/h5-6,10-17,22-23,27-28H,7-9H2,1-4H3. The summed E-state index contributed by atoms with van der Waals surface area (Å²) in [6.07, 6.45) is 1.30. The number of benzene rings is 2. The maximum atomic E-state index is 13.4. The molecule has 3 rings (SSSR count). The van der Waals surface area contributed by atoms with Crippen molar-refractivity contribution < 1.29 is 14.6 Å². The second kappa shape index (κ2) is 8.32. The molecule has 0 amide bonds. The van der Waals surface area contributed by atoms with Crippen molar-refractivity contribution in [2.24, 2.45) is 0 Å². The highest BCUT2D eigenvalue weighted by Gasteiger charge is 2.42. The lowest BCUT2D eigenvalue weighted by Gasteiger charge is -2.46. The van der Waals surface area contributed by atoms with Crippen LogP contribution in [0.15, 0.2) is 48.5 Å². The van der Waals surface area contributed by atoms with E-state index in [9.17, 15) is 14.6 Å². The number of rotatable bonds is 5. The van der Waals surface area contributed by atoms with Gasteiger partial charge in [0.15, 0.2) is 0 Å². The number of halogens is 1. The maximum Gasteiger partial charge on any atom is 0.134 e. The van der Waals surface area contributed by atoms with Gasteiger partial charge in [-0.3, -0.25) is 4.90 Å². The predicted octanol–water partition coefficient (Wildman–Crippen LogP) is 4.71. The number of piperidine rings is 1. The number of aliphatic hydroxyl groups is 2. The molecule has 0 spiro atoms. The smallest absolute Gasteiger partial charge is 0.134 e. The summed E-state index contributed by atoms with van der Waals surface area (Å²) in [6.45, 7) is 8.15. The Kier molecular flexibility index (Phi) is 6.23. The minimum Gasteiger partial charge on any atom is -0.388 e. The zero-order chi connectivity index (χ0) is 20.5. The molecule has 0 saturated carbocycles. The third-order valence-corrected chi connectivity index (χ3v) is 6.37. The Morgan fingerprint density at radius 3 is 2.14 bits per heavy atom. The lowest BCUT2D eigenvalue weighted by molar-refractivity contribution is -0.143. The van der Waals surface area contributed by atoms with Crippen LogP contribution in [0.25, 0.3) is 11.1 Å². The van der Waals surface area contributed by atoms with Crippen LogP contribution in [0.2, 0.25) is 0 Å². The van der Waals surface area contributed by atoms with Crippen LogP contribution in [-0.2, 0) is 5.41 Å². The Balaban J connectivity index is 1.95. The van der Waals surface area contributed by atoms with Crippen molar-refractivity contribution in [3.05, 3.63) is 59.9 Å². The van der Waals surface area contributed by atoms with Crippen molar-refractivity contribution in [1.29, 1.82) is 0 Å². The van der Waals surface area contributed by atoms with Gasteiger partial charge in [-0.1, -0.05) is 56.7 Å². The van der Waals surface area contributed by atoms with Gasteiger partial charge < -0.3 is 10.2 Å². The molecule has 0 aliphatic carbocycles. The Morgan fingerprint density at radius 1 is 0.964 bits per heavy atom. The summed E-state index contributed by atoms with van der Waals surface area (Å²) in [5.41, 5.74) is 2.08. The molecule has 28 heavy (non-hydrogen) atoms. The van der Waals surface area contributed by atoms with E-state index in [0.717, 1.165) is 36.0 Å². The molecule has 2 N–H and O–H groups in total. The van der Waals surface area contributed by atoms with Crippen molar-refractivity contribution in [2.75, 3.05) is 0 Å². The molecule has 3 nitrogen and oxygen atoms in total. The SMILES string of the molecule is CC1CCCC(C)N1C(O)C(O)C(C)(C)c1ccccc1-c1ccc(F)cc1. The Hall–Kier alpha value is -1.75. The second-order valence-electron chi connectivity index (χ2n) is 8.71. The van der Waals surface area contributed by atoms with E-state index >= 15 is 0 Å². The summed E-state index contributed by atoms with van der Waals surface area (Å²) in [6, 6.07) is 14.7. The van der Waals surface area contributed by atoms with E-state index in [1.165, 1.54) is 12.1 Å². The largest absolute Gasteiger partial charge is 0.388 e. The van der Waals surface area contributed by atoms with Gasteiger partial charge in [-0.05, 0) is 55.5 Å². The van der Waals surface area contributed by atoms with Crippen molar-refractivity contribution in [2.45, 2.75) is 76.8 Å². The lowest BCUT2D eigenvalue weighted by Crippen LogP contribution is -2.58. The van der Waals surface area contributed by atoms with Crippen molar-refractivity contribution in [1.82, 2.24) is 4.90 Å². The molecular weight excluding hydrogens is 353 g/mol. The van der Waals surface area contributed by atoms with Gasteiger partial charge in [0.25, 0.3) is 0 Å². The van der Waals surface area contributed by atoms with Crippen LogP contribution in [0.1, 0.15) is 52.5 Å². The molecule has 0 bridgehead atoms. The highest BCUT2D eigenvalue weighted by Crippen LogP contribution is 2.38. The van der Waals surface area contributed by atoms with Crippen LogP contribution in [0.4, 0.5) is 4.39 Å². The third-order valence-electron chi connectivity index (χ3n) is 6.37. The summed E-state index contributed by atoms with van der Waals surface area (Å²) in [5, 5.41) is 22.4. The van der Waals surface area contributed by atoms with E-state index in [-0.39, 0.29) is 17.9 Å². The fraction of sp³-hybridized carbons (Fsp3) is 0.500. The highest BCUT2D eigenvalue weighted by molar-refractivity contribution is 5.69. The molecule has 1 aliphatic rings. The van der Waals surface area contributed by atoms with Crippen molar-refractivity contribution in [3.63, 3.8) is 0 Å². The third kappa shape index (κ3) is 4.00. The minimum atomic E-state index is -0.961. The van der Waals surface area contributed by atoms with E-state index < -0.39 is 17.7 Å².